The number of amides is 1. The highest BCUT2D eigenvalue weighted by Gasteiger charge is 2.07. The lowest BCUT2D eigenvalue weighted by molar-refractivity contribution is -0.114. The third-order valence-electron chi connectivity index (χ3n) is 2.20. The van der Waals surface area contributed by atoms with Crippen LogP contribution in [0.15, 0.2) is 34.9 Å². The van der Waals surface area contributed by atoms with Gasteiger partial charge < -0.3 is 10.1 Å². The summed E-state index contributed by atoms with van der Waals surface area (Å²) in [5.41, 5.74) is 0.599. The van der Waals surface area contributed by atoms with Crippen molar-refractivity contribution in [3.8, 4) is 11.6 Å². The van der Waals surface area contributed by atoms with Gasteiger partial charge in [0.2, 0.25) is 11.8 Å². The molecule has 0 saturated carbocycles. The maximum Gasteiger partial charge on any atom is 0.223 e. The van der Waals surface area contributed by atoms with Crippen molar-refractivity contribution in [1.29, 1.82) is 0 Å². The van der Waals surface area contributed by atoms with Crippen LogP contribution in [0.3, 0.4) is 0 Å². The fraction of sp³-hybridized carbons (Fsp3) is 0.154. The molecule has 0 radical (unpaired) electrons. The second kappa shape index (κ2) is 5.79. The number of hydrogen-bond acceptors (Lipinski definition) is 4. The van der Waals surface area contributed by atoms with Crippen LogP contribution in [0, 0.1) is 6.92 Å². The number of hydrogen-bond donors (Lipinski definition) is 1. The van der Waals surface area contributed by atoms with Crippen molar-refractivity contribution in [3.63, 3.8) is 0 Å². The molecule has 0 fully saturated rings. The number of carbonyl (C=O) groups is 1. The third-order valence-corrected chi connectivity index (χ3v) is 2.60. The van der Waals surface area contributed by atoms with Crippen molar-refractivity contribution < 1.29 is 9.53 Å². The fourth-order valence-electron chi connectivity index (χ4n) is 1.52. The van der Waals surface area contributed by atoms with E-state index in [1.165, 1.54) is 6.92 Å². The lowest BCUT2D eigenvalue weighted by Gasteiger charge is -2.10. The summed E-state index contributed by atoms with van der Waals surface area (Å²) in [7, 11) is 0. The molecule has 2 rings (SSSR count). The largest absolute Gasteiger partial charge is 0.437 e. The topological polar surface area (TPSA) is 64.1 Å². The molecular formula is C13H12BrN3O2. The van der Waals surface area contributed by atoms with E-state index in [4.69, 9.17) is 4.74 Å². The predicted molar refractivity (Wildman–Crippen MR) is 75.3 cm³/mol. The number of ether oxygens (including phenoxy) is 1. The van der Waals surface area contributed by atoms with E-state index in [0.717, 1.165) is 0 Å². The van der Waals surface area contributed by atoms with E-state index in [-0.39, 0.29) is 5.91 Å². The van der Waals surface area contributed by atoms with Crippen molar-refractivity contribution in [2.45, 2.75) is 13.8 Å². The number of para-hydroxylation sites is 2. The Kier molecular flexibility index (Phi) is 4.11. The van der Waals surface area contributed by atoms with E-state index in [9.17, 15) is 4.79 Å². The summed E-state index contributed by atoms with van der Waals surface area (Å²) in [4.78, 5) is 19.4. The Labute approximate surface area is 119 Å². The monoisotopic (exact) mass is 321 g/mol. The van der Waals surface area contributed by atoms with Crippen LogP contribution in [0.1, 0.15) is 12.7 Å². The van der Waals surface area contributed by atoms with Crippen LogP contribution >= 0.6 is 15.9 Å². The summed E-state index contributed by atoms with van der Waals surface area (Å²) < 4.78 is 6.32. The Morgan fingerprint density at radius 1 is 1.32 bits per heavy atom. The number of nitrogens with one attached hydrogen (secondary N) is 1. The van der Waals surface area contributed by atoms with Gasteiger partial charge in [-0.3, -0.25) is 4.79 Å². The van der Waals surface area contributed by atoms with Crippen LogP contribution < -0.4 is 10.1 Å². The molecule has 5 nitrogen and oxygen atoms in total. The molecule has 1 heterocycles. The molecule has 0 saturated heterocycles. The molecule has 1 aromatic heterocycles. The van der Waals surface area contributed by atoms with Gasteiger partial charge in [0.1, 0.15) is 10.4 Å². The van der Waals surface area contributed by atoms with Gasteiger partial charge in [-0.15, -0.1) is 0 Å². The second-order valence-electron chi connectivity index (χ2n) is 3.86. The number of aromatic nitrogens is 2. The predicted octanol–water partition coefficient (Wildman–Crippen LogP) is 3.30. The molecule has 1 aromatic carbocycles. The number of anilines is 1. The number of benzene rings is 1. The van der Waals surface area contributed by atoms with Gasteiger partial charge >= 0.3 is 0 Å². The minimum absolute atomic E-state index is 0.156. The zero-order chi connectivity index (χ0) is 13.8. The van der Waals surface area contributed by atoms with Crippen molar-refractivity contribution in [1.82, 2.24) is 9.97 Å². The van der Waals surface area contributed by atoms with Crippen molar-refractivity contribution in [2.24, 2.45) is 0 Å². The van der Waals surface area contributed by atoms with Gasteiger partial charge in [-0.05, 0) is 35.0 Å². The molecule has 0 bridgehead atoms. The summed E-state index contributed by atoms with van der Waals surface area (Å²) in [5.74, 6) is 1.39. The summed E-state index contributed by atoms with van der Waals surface area (Å²) in [5, 5.41) is 2.70. The van der Waals surface area contributed by atoms with Gasteiger partial charge in [-0.2, -0.15) is 4.98 Å². The first-order chi connectivity index (χ1) is 9.04. The minimum atomic E-state index is -0.156. The summed E-state index contributed by atoms with van der Waals surface area (Å²) in [6.07, 6.45) is 0. The number of carbonyl (C=O) groups excluding carboxylic acids is 1. The fourth-order valence-corrected chi connectivity index (χ4v) is 1.97. The number of halogens is 1. The zero-order valence-corrected chi connectivity index (χ0v) is 12.1. The van der Waals surface area contributed by atoms with Crippen LogP contribution in [-0.4, -0.2) is 15.9 Å². The summed E-state index contributed by atoms with van der Waals surface area (Å²) in [6, 6.07) is 8.83. The molecule has 2 aromatic rings. The highest BCUT2D eigenvalue weighted by molar-refractivity contribution is 9.10. The lowest BCUT2D eigenvalue weighted by atomic mass is 10.3. The van der Waals surface area contributed by atoms with Crippen molar-refractivity contribution >= 4 is 27.5 Å². The van der Waals surface area contributed by atoms with E-state index in [1.54, 1.807) is 25.1 Å². The minimum Gasteiger partial charge on any atom is -0.437 e. The van der Waals surface area contributed by atoms with E-state index in [0.29, 0.717) is 27.7 Å². The van der Waals surface area contributed by atoms with Crippen LogP contribution in [0.5, 0.6) is 11.6 Å². The molecule has 6 heteroatoms. The molecule has 98 valence electrons. The molecule has 0 aliphatic rings. The summed E-state index contributed by atoms with van der Waals surface area (Å²) in [6.45, 7) is 3.22. The summed E-state index contributed by atoms with van der Waals surface area (Å²) >= 11 is 3.28. The van der Waals surface area contributed by atoms with Gasteiger partial charge in [-0.1, -0.05) is 12.1 Å². The Bertz CT molecular complexity index is 596. The molecule has 0 spiro atoms. The van der Waals surface area contributed by atoms with E-state index >= 15 is 0 Å². The Morgan fingerprint density at radius 2 is 2.05 bits per heavy atom. The molecule has 0 atom stereocenters. The van der Waals surface area contributed by atoms with E-state index < -0.39 is 0 Å². The molecule has 0 aliphatic heterocycles. The van der Waals surface area contributed by atoms with Crippen LogP contribution in [0.4, 0.5) is 5.69 Å². The van der Waals surface area contributed by atoms with Gasteiger partial charge in [0.05, 0.1) is 5.69 Å². The second-order valence-corrected chi connectivity index (χ2v) is 4.67. The lowest BCUT2D eigenvalue weighted by Crippen LogP contribution is -2.07. The highest BCUT2D eigenvalue weighted by atomic mass is 79.9. The van der Waals surface area contributed by atoms with Crippen molar-refractivity contribution in [2.75, 3.05) is 5.32 Å². The van der Waals surface area contributed by atoms with Crippen LogP contribution in [0.25, 0.3) is 0 Å². The first-order valence-corrected chi connectivity index (χ1v) is 6.39. The number of nitrogens with zero attached hydrogens (tertiary/aromatic N) is 2. The molecule has 19 heavy (non-hydrogen) atoms. The SMILES string of the molecule is CC(=O)Nc1ccccc1Oc1cc(Br)nc(C)n1. The van der Waals surface area contributed by atoms with Gasteiger partial charge in [-0.25, -0.2) is 4.98 Å². The van der Waals surface area contributed by atoms with Gasteiger partial charge in [0.15, 0.2) is 5.75 Å². The average molecular weight is 322 g/mol. The zero-order valence-electron chi connectivity index (χ0n) is 10.5. The molecule has 0 aliphatic carbocycles. The maximum absolute atomic E-state index is 11.1. The standard InChI is InChI=1S/C13H12BrN3O2/c1-8-15-12(14)7-13(16-8)19-11-6-4-3-5-10(11)17-9(2)18/h3-7H,1-2H3,(H,17,18). The van der Waals surface area contributed by atoms with Gasteiger partial charge in [0, 0.05) is 13.0 Å². The van der Waals surface area contributed by atoms with Crippen LogP contribution in [-0.2, 0) is 4.79 Å². The first kappa shape index (κ1) is 13.5. The quantitative estimate of drug-likeness (QED) is 0.881. The van der Waals surface area contributed by atoms with Crippen LogP contribution in [0.2, 0.25) is 0 Å². The normalized spacial score (nSPS) is 10.1. The van der Waals surface area contributed by atoms with E-state index in [1.807, 2.05) is 12.1 Å². The third kappa shape index (κ3) is 3.75. The Balaban J connectivity index is 2.29. The number of aryl methyl sites for hydroxylation is 1. The molecular weight excluding hydrogens is 310 g/mol. The van der Waals surface area contributed by atoms with Gasteiger partial charge in [0.25, 0.3) is 0 Å². The Hall–Kier alpha value is -1.95. The maximum atomic E-state index is 11.1. The van der Waals surface area contributed by atoms with Crippen molar-refractivity contribution in [3.05, 3.63) is 40.8 Å². The smallest absolute Gasteiger partial charge is 0.223 e. The van der Waals surface area contributed by atoms with E-state index in [2.05, 4.69) is 31.2 Å². The molecule has 0 unspecified atom stereocenters. The Morgan fingerprint density at radius 3 is 2.74 bits per heavy atom. The average Bonchev–Trinajstić information content (AvgIpc) is 2.29. The first-order valence-electron chi connectivity index (χ1n) is 5.60. The molecule has 1 amide bonds. The highest BCUT2D eigenvalue weighted by Crippen LogP contribution is 2.29. The molecule has 1 N–H and O–H groups in total. The number of rotatable bonds is 3.